The molecule has 0 saturated carbocycles. The van der Waals surface area contributed by atoms with Crippen molar-refractivity contribution in [2.75, 3.05) is 25.6 Å². The Hall–Kier alpha value is -1.61. The summed E-state index contributed by atoms with van der Waals surface area (Å²) in [6.07, 6.45) is 0.434. The molecule has 0 amide bonds. The number of hydrogen-bond acceptors (Lipinski definition) is 6. The quantitative estimate of drug-likeness (QED) is 0.722. The van der Waals surface area contributed by atoms with E-state index < -0.39 is 5.97 Å². The first-order valence-electron chi connectivity index (χ1n) is 4.31. The van der Waals surface area contributed by atoms with Crippen molar-refractivity contribution in [3.63, 3.8) is 0 Å². The fourth-order valence-electron chi connectivity index (χ4n) is 0.951. The molecule has 6 heteroatoms. The van der Waals surface area contributed by atoms with Crippen molar-refractivity contribution in [3.05, 3.63) is 11.1 Å². The molecule has 1 aromatic rings. The highest BCUT2D eigenvalue weighted by Crippen LogP contribution is 2.19. The normalized spacial score (nSPS) is 9.40. The van der Waals surface area contributed by atoms with Crippen molar-refractivity contribution >= 4 is 22.4 Å². The number of carbonyl (C=O) groups is 1. The van der Waals surface area contributed by atoms with E-state index in [9.17, 15) is 4.79 Å². The monoisotopic (exact) mass is 225 g/mol. The average molecular weight is 225 g/mol. The molecule has 0 bridgehead atoms. The van der Waals surface area contributed by atoms with Crippen LogP contribution < -0.4 is 4.90 Å². The minimum Gasteiger partial charge on any atom is -0.464 e. The molecule has 1 rings (SSSR count). The molecule has 5 nitrogen and oxygen atoms in total. The number of anilines is 1. The zero-order chi connectivity index (χ0) is 11.3. The second kappa shape index (κ2) is 5.32. The molecule has 0 aliphatic heterocycles. The summed E-state index contributed by atoms with van der Waals surface area (Å²) in [6, 6.07) is 2.05. The molecule has 15 heavy (non-hydrogen) atoms. The van der Waals surface area contributed by atoms with Crippen LogP contribution in [0.1, 0.15) is 16.9 Å². The van der Waals surface area contributed by atoms with E-state index in [0.29, 0.717) is 23.8 Å². The lowest BCUT2D eigenvalue weighted by Gasteiger charge is -2.12. The number of methoxy groups -OCH3 is 1. The van der Waals surface area contributed by atoms with Gasteiger partial charge in [0.15, 0.2) is 10.8 Å². The molecule has 0 atom stereocenters. The number of ether oxygens (including phenoxy) is 1. The van der Waals surface area contributed by atoms with Gasteiger partial charge in [-0.05, 0) is 0 Å². The van der Waals surface area contributed by atoms with Gasteiger partial charge in [-0.15, -0.1) is 11.3 Å². The summed E-state index contributed by atoms with van der Waals surface area (Å²) in [5, 5.41) is 10.8. The van der Waals surface area contributed by atoms with E-state index in [1.165, 1.54) is 18.4 Å². The van der Waals surface area contributed by atoms with Crippen LogP contribution in [0.25, 0.3) is 0 Å². The highest BCUT2D eigenvalue weighted by molar-refractivity contribution is 7.13. The standard InChI is InChI=1S/C9H11N3O2S/c1-12(5-3-4-10)9-11-7(6-15-9)8(13)14-2/h6H,3,5H2,1-2H3. The molecule has 0 aromatic carbocycles. The number of carbonyl (C=O) groups excluding carboxylic acids is 1. The third-order valence-electron chi connectivity index (χ3n) is 1.77. The molecule has 80 valence electrons. The zero-order valence-corrected chi connectivity index (χ0v) is 9.37. The van der Waals surface area contributed by atoms with Gasteiger partial charge in [0.1, 0.15) is 0 Å². The van der Waals surface area contributed by atoms with Crippen molar-refractivity contribution in [2.45, 2.75) is 6.42 Å². The molecule has 0 unspecified atom stereocenters. The van der Waals surface area contributed by atoms with Crippen molar-refractivity contribution in [1.82, 2.24) is 4.98 Å². The topological polar surface area (TPSA) is 66.2 Å². The van der Waals surface area contributed by atoms with Crippen molar-refractivity contribution in [1.29, 1.82) is 5.26 Å². The Morgan fingerprint density at radius 2 is 2.53 bits per heavy atom. The van der Waals surface area contributed by atoms with Crippen LogP contribution in [0.4, 0.5) is 5.13 Å². The van der Waals surface area contributed by atoms with E-state index in [2.05, 4.69) is 15.8 Å². The van der Waals surface area contributed by atoms with Gasteiger partial charge >= 0.3 is 5.97 Å². The van der Waals surface area contributed by atoms with E-state index in [0.717, 1.165) is 0 Å². The number of esters is 1. The van der Waals surface area contributed by atoms with Crippen LogP contribution in [0.2, 0.25) is 0 Å². The van der Waals surface area contributed by atoms with Gasteiger partial charge in [-0.1, -0.05) is 0 Å². The Morgan fingerprint density at radius 3 is 3.13 bits per heavy atom. The molecule has 0 radical (unpaired) electrons. The smallest absolute Gasteiger partial charge is 0.357 e. The van der Waals surface area contributed by atoms with Crippen LogP contribution >= 0.6 is 11.3 Å². The van der Waals surface area contributed by atoms with Gasteiger partial charge in [0, 0.05) is 19.0 Å². The molecular formula is C9H11N3O2S. The van der Waals surface area contributed by atoms with Crippen LogP contribution in [0.5, 0.6) is 0 Å². The number of hydrogen-bond donors (Lipinski definition) is 0. The minimum atomic E-state index is -0.439. The fraction of sp³-hybridized carbons (Fsp3) is 0.444. The Kier molecular flexibility index (Phi) is 4.06. The number of nitrogens with zero attached hydrogens (tertiary/aromatic N) is 3. The average Bonchev–Trinajstić information content (AvgIpc) is 2.74. The molecule has 0 aliphatic carbocycles. The van der Waals surface area contributed by atoms with Gasteiger partial charge in [0.05, 0.1) is 19.6 Å². The van der Waals surface area contributed by atoms with E-state index in [1.54, 1.807) is 5.38 Å². The van der Waals surface area contributed by atoms with Crippen molar-refractivity contribution in [2.24, 2.45) is 0 Å². The highest BCUT2D eigenvalue weighted by Gasteiger charge is 2.12. The van der Waals surface area contributed by atoms with Crippen LogP contribution in [-0.2, 0) is 4.74 Å². The van der Waals surface area contributed by atoms with E-state index >= 15 is 0 Å². The maximum atomic E-state index is 11.1. The minimum absolute atomic E-state index is 0.307. The maximum Gasteiger partial charge on any atom is 0.357 e. The Morgan fingerprint density at radius 1 is 1.80 bits per heavy atom. The molecule has 0 fully saturated rings. The van der Waals surface area contributed by atoms with Crippen LogP contribution in [-0.4, -0.2) is 31.7 Å². The molecular weight excluding hydrogens is 214 g/mol. The van der Waals surface area contributed by atoms with Crippen molar-refractivity contribution in [3.8, 4) is 6.07 Å². The fourth-order valence-corrected chi connectivity index (χ4v) is 1.74. The van der Waals surface area contributed by atoms with Gasteiger partial charge in [0.25, 0.3) is 0 Å². The lowest BCUT2D eigenvalue weighted by Crippen LogP contribution is -2.18. The summed E-state index contributed by atoms with van der Waals surface area (Å²) < 4.78 is 4.54. The Balaban J connectivity index is 2.67. The van der Waals surface area contributed by atoms with Crippen LogP contribution in [0.15, 0.2) is 5.38 Å². The van der Waals surface area contributed by atoms with Gasteiger partial charge in [-0.25, -0.2) is 9.78 Å². The Bertz CT molecular complexity index is 383. The molecule has 0 spiro atoms. The number of rotatable bonds is 4. The summed E-state index contributed by atoms with van der Waals surface area (Å²) in [4.78, 5) is 17.0. The van der Waals surface area contributed by atoms with Crippen LogP contribution in [0, 0.1) is 11.3 Å². The second-order valence-electron chi connectivity index (χ2n) is 2.84. The molecule has 0 saturated heterocycles. The first kappa shape index (κ1) is 11.5. The van der Waals surface area contributed by atoms with E-state index in [4.69, 9.17) is 5.26 Å². The maximum absolute atomic E-state index is 11.1. The summed E-state index contributed by atoms with van der Waals surface area (Å²) in [6.45, 7) is 0.602. The van der Waals surface area contributed by atoms with Gasteiger partial charge < -0.3 is 9.64 Å². The molecule has 1 aromatic heterocycles. The van der Waals surface area contributed by atoms with Gasteiger partial charge in [-0.2, -0.15) is 5.26 Å². The largest absolute Gasteiger partial charge is 0.464 e. The first-order valence-corrected chi connectivity index (χ1v) is 5.19. The van der Waals surface area contributed by atoms with Crippen LogP contribution in [0.3, 0.4) is 0 Å². The summed E-state index contributed by atoms with van der Waals surface area (Å²) in [5.41, 5.74) is 0.307. The van der Waals surface area contributed by atoms with E-state index in [1.807, 2.05) is 11.9 Å². The summed E-state index contributed by atoms with van der Waals surface area (Å²) >= 11 is 1.36. The van der Waals surface area contributed by atoms with Crippen molar-refractivity contribution < 1.29 is 9.53 Å². The lowest BCUT2D eigenvalue weighted by molar-refractivity contribution is 0.0595. The summed E-state index contributed by atoms with van der Waals surface area (Å²) in [5.74, 6) is -0.439. The number of aromatic nitrogens is 1. The molecule has 0 aliphatic rings. The lowest BCUT2D eigenvalue weighted by atomic mass is 10.4. The number of thiazole rings is 1. The van der Waals surface area contributed by atoms with E-state index in [-0.39, 0.29) is 0 Å². The first-order chi connectivity index (χ1) is 7.19. The Labute approximate surface area is 91.9 Å². The highest BCUT2D eigenvalue weighted by atomic mass is 32.1. The molecule has 1 heterocycles. The molecule has 0 N–H and O–H groups in total. The zero-order valence-electron chi connectivity index (χ0n) is 8.56. The predicted molar refractivity (Wildman–Crippen MR) is 57.0 cm³/mol. The SMILES string of the molecule is COC(=O)c1csc(N(C)CCC#N)n1. The third-order valence-corrected chi connectivity index (χ3v) is 2.73. The van der Waals surface area contributed by atoms with Gasteiger partial charge in [0.2, 0.25) is 0 Å². The predicted octanol–water partition coefficient (Wildman–Crippen LogP) is 1.28. The third kappa shape index (κ3) is 2.92. The van der Waals surface area contributed by atoms with Gasteiger partial charge in [-0.3, -0.25) is 0 Å². The second-order valence-corrected chi connectivity index (χ2v) is 3.67. The summed E-state index contributed by atoms with van der Waals surface area (Å²) in [7, 11) is 3.15. The number of nitriles is 1.